The highest BCUT2D eigenvalue weighted by molar-refractivity contribution is 7.98. The third-order valence-corrected chi connectivity index (χ3v) is 6.30. The molecule has 5 aromatic rings. The van der Waals surface area contributed by atoms with E-state index in [1.165, 1.54) is 11.8 Å². The largest absolute Gasteiger partial charge is 0.494 e. The van der Waals surface area contributed by atoms with Crippen molar-refractivity contribution in [1.29, 1.82) is 0 Å². The Labute approximate surface area is 204 Å². The first-order valence-electron chi connectivity index (χ1n) is 10.6. The van der Waals surface area contributed by atoms with E-state index in [1.54, 1.807) is 16.7 Å². The Morgan fingerprint density at radius 1 is 1.00 bits per heavy atom. The summed E-state index contributed by atoms with van der Waals surface area (Å²) >= 11 is 7.59. The molecule has 9 heteroatoms. The first-order valence-corrected chi connectivity index (χ1v) is 12.0. The monoisotopic (exact) mass is 490 g/mol. The molecule has 34 heavy (non-hydrogen) atoms. The van der Waals surface area contributed by atoms with Gasteiger partial charge in [0.2, 0.25) is 11.8 Å². The minimum atomic E-state index is -0.153. The van der Waals surface area contributed by atoms with Gasteiger partial charge in [0, 0.05) is 0 Å². The van der Waals surface area contributed by atoms with E-state index in [4.69, 9.17) is 25.7 Å². The maximum absolute atomic E-state index is 13.4. The number of benzene rings is 3. The van der Waals surface area contributed by atoms with E-state index >= 15 is 0 Å². The van der Waals surface area contributed by atoms with Crippen LogP contribution in [-0.4, -0.2) is 26.4 Å². The number of thioether (sulfide) groups is 1. The van der Waals surface area contributed by atoms with E-state index in [-0.39, 0.29) is 5.56 Å². The Balaban J connectivity index is 1.50. The molecule has 5 rings (SSSR count). The second-order valence-corrected chi connectivity index (χ2v) is 8.60. The van der Waals surface area contributed by atoms with Crippen LogP contribution in [0, 0.1) is 0 Å². The third-order valence-electron chi connectivity index (χ3n) is 5.05. The summed E-state index contributed by atoms with van der Waals surface area (Å²) in [6.45, 7) is 2.49. The van der Waals surface area contributed by atoms with Crippen molar-refractivity contribution in [2.24, 2.45) is 0 Å². The Morgan fingerprint density at radius 3 is 2.56 bits per heavy atom. The van der Waals surface area contributed by atoms with Crippen molar-refractivity contribution in [3.05, 3.63) is 94.1 Å². The zero-order valence-electron chi connectivity index (χ0n) is 18.1. The van der Waals surface area contributed by atoms with Gasteiger partial charge in [0.25, 0.3) is 5.56 Å². The third kappa shape index (κ3) is 4.42. The van der Waals surface area contributed by atoms with Crippen LogP contribution in [-0.2, 0) is 5.75 Å². The van der Waals surface area contributed by atoms with Gasteiger partial charge in [-0.15, -0.1) is 10.2 Å². The smallest absolute Gasteiger partial charge is 0.266 e. The predicted molar refractivity (Wildman–Crippen MR) is 133 cm³/mol. The highest BCUT2D eigenvalue weighted by Crippen LogP contribution is 2.29. The van der Waals surface area contributed by atoms with Gasteiger partial charge in [-0.05, 0) is 55.5 Å². The van der Waals surface area contributed by atoms with Crippen molar-refractivity contribution in [2.45, 2.75) is 17.8 Å². The van der Waals surface area contributed by atoms with Crippen molar-refractivity contribution < 1.29 is 9.15 Å². The average Bonchev–Trinajstić information content (AvgIpc) is 3.33. The van der Waals surface area contributed by atoms with Crippen LogP contribution in [0.4, 0.5) is 0 Å². The lowest BCUT2D eigenvalue weighted by Crippen LogP contribution is -2.21. The van der Waals surface area contributed by atoms with E-state index in [1.807, 2.05) is 67.6 Å². The van der Waals surface area contributed by atoms with E-state index in [0.29, 0.717) is 56.5 Å². The number of hydrogen-bond acceptors (Lipinski definition) is 7. The quantitative estimate of drug-likeness (QED) is 0.211. The maximum Gasteiger partial charge on any atom is 0.266 e. The van der Waals surface area contributed by atoms with E-state index in [9.17, 15) is 4.79 Å². The summed E-state index contributed by atoms with van der Waals surface area (Å²) in [5, 5.41) is 9.85. The van der Waals surface area contributed by atoms with E-state index < -0.39 is 0 Å². The fourth-order valence-electron chi connectivity index (χ4n) is 3.48. The van der Waals surface area contributed by atoms with Crippen LogP contribution in [0.5, 0.6) is 5.75 Å². The molecule has 2 aromatic heterocycles. The van der Waals surface area contributed by atoms with Gasteiger partial charge in [0.05, 0.1) is 39.5 Å². The molecule has 0 aliphatic rings. The van der Waals surface area contributed by atoms with Crippen LogP contribution in [0.1, 0.15) is 12.8 Å². The number of nitrogens with zero attached hydrogens (tertiary/aromatic N) is 4. The lowest BCUT2D eigenvalue weighted by atomic mass is 10.2. The minimum Gasteiger partial charge on any atom is -0.494 e. The lowest BCUT2D eigenvalue weighted by Gasteiger charge is -2.13. The van der Waals surface area contributed by atoms with Crippen LogP contribution in [0.3, 0.4) is 0 Å². The second-order valence-electron chi connectivity index (χ2n) is 7.25. The van der Waals surface area contributed by atoms with Crippen LogP contribution in [0.25, 0.3) is 28.0 Å². The Hall–Kier alpha value is -3.62. The number of halogens is 1. The van der Waals surface area contributed by atoms with Gasteiger partial charge in [0.15, 0.2) is 5.16 Å². The van der Waals surface area contributed by atoms with Crippen LogP contribution in [0.2, 0.25) is 5.02 Å². The van der Waals surface area contributed by atoms with Crippen molar-refractivity contribution >= 4 is 34.3 Å². The molecule has 3 aromatic carbocycles. The van der Waals surface area contributed by atoms with Crippen molar-refractivity contribution in [1.82, 2.24) is 19.7 Å². The molecule has 0 unspecified atom stereocenters. The molecule has 7 nitrogen and oxygen atoms in total. The summed E-state index contributed by atoms with van der Waals surface area (Å²) in [5.41, 5.74) is 1.83. The Morgan fingerprint density at radius 2 is 1.76 bits per heavy atom. The molecule has 0 spiro atoms. The van der Waals surface area contributed by atoms with Crippen molar-refractivity contribution in [3.63, 3.8) is 0 Å². The molecule has 0 aliphatic heterocycles. The SMILES string of the molecule is CCOc1ccc(-n2c(SCc3nnc(-c4ccccc4Cl)o3)nc3ccccc3c2=O)cc1. The number of aromatic nitrogens is 4. The Bertz CT molecular complexity index is 1520. The fraction of sp³-hybridized carbons (Fsp3) is 0.120. The van der Waals surface area contributed by atoms with Gasteiger partial charge in [-0.3, -0.25) is 9.36 Å². The summed E-state index contributed by atoms with van der Waals surface area (Å²) in [6.07, 6.45) is 0. The average molecular weight is 491 g/mol. The zero-order chi connectivity index (χ0) is 23.5. The molecular formula is C25H19ClN4O3S. The summed E-state index contributed by atoms with van der Waals surface area (Å²) in [4.78, 5) is 18.2. The van der Waals surface area contributed by atoms with Gasteiger partial charge in [-0.2, -0.15) is 0 Å². The molecule has 0 radical (unpaired) electrons. The van der Waals surface area contributed by atoms with Crippen molar-refractivity contribution in [2.75, 3.05) is 6.61 Å². The maximum atomic E-state index is 13.4. The molecule has 2 heterocycles. The minimum absolute atomic E-state index is 0.153. The molecule has 0 N–H and O–H groups in total. The molecule has 0 saturated heterocycles. The fourth-order valence-corrected chi connectivity index (χ4v) is 4.54. The first kappa shape index (κ1) is 22.2. The molecule has 0 amide bonds. The molecule has 0 atom stereocenters. The molecular weight excluding hydrogens is 472 g/mol. The standard InChI is InChI=1S/C25H19ClN4O3S/c1-2-32-17-13-11-16(12-14-17)30-24(31)19-8-4-6-10-21(19)27-25(30)34-15-22-28-29-23(33-22)18-7-3-5-9-20(18)26/h3-14H,2,15H2,1H3. The predicted octanol–water partition coefficient (Wildman–Crippen LogP) is 5.78. The summed E-state index contributed by atoms with van der Waals surface area (Å²) in [5.74, 6) is 1.82. The molecule has 0 saturated carbocycles. The summed E-state index contributed by atoms with van der Waals surface area (Å²) in [6, 6.07) is 21.9. The van der Waals surface area contributed by atoms with Gasteiger partial charge in [0.1, 0.15) is 5.75 Å². The van der Waals surface area contributed by atoms with Gasteiger partial charge in [-0.25, -0.2) is 4.98 Å². The molecule has 0 bridgehead atoms. The topological polar surface area (TPSA) is 83.0 Å². The second kappa shape index (κ2) is 9.70. The van der Waals surface area contributed by atoms with E-state index in [2.05, 4.69) is 10.2 Å². The van der Waals surface area contributed by atoms with E-state index in [0.717, 1.165) is 5.75 Å². The van der Waals surface area contributed by atoms with Gasteiger partial charge in [-0.1, -0.05) is 47.6 Å². The van der Waals surface area contributed by atoms with Crippen LogP contribution < -0.4 is 10.3 Å². The summed E-state index contributed by atoms with van der Waals surface area (Å²) < 4.78 is 12.9. The number of hydrogen-bond donors (Lipinski definition) is 0. The lowest BCUT2D eigenvalue weighted by molar-refractivity contribution is 0.340. The van der Waals surface area contributed by atoms with Crippen LogP contribution in [0.15, 0.2) is 87.2 Å². The Kier molecular flexibility index (Phi) is 6.33. The van der Waals surface area contributed by atoms with Gasteiger partial charge < -0.3 is 9.15 Å². The zero-order valence-corrected chi connectivity index (χ0v) is 19.7. The number of para-hydroxylation sites is 1. The molecule has 0 aliphatic carbocycles. The highest BCUT2D eigenvalue weighted by atomic mass is 35.5. The number of fused-ring (bicyclic) bond motifs is 1. The highest BCUT2D eigenvalue weighted by Gasteiger charge is 2.16. The van der Waals surface area contributed by atoms with Gasteiger partial charge >= 0.3 is 0 Å². The normalized spacial score (nSPS) is 11.1. The molecule has 0 fully saturated rings. The first-order chi connectivity index (χ1) is 16.6. The molecule has 170 valence electrons. The van der Waals surface area contributed by atoms with Crippen molar-refractivity contribution in [3.8, 4) is 22.9 Å². The number of rotatable bonds is 7. The van der Waals surface area contributed by atoms with Crippen LogP contribution >= 0.6 is 23.4 Å². The summed E-state index contributed by atoms with van der Waals surface area (Å²) in [7, 11) is 0. The number of ether oxygens (including phenoxy) is 1.